The van der Waals surface area contributed by atoms with Crippen molar-refractivity contribution in [3.05, 3.63) is 60.2 Å². The van der Waals surface area contributed by atoms with Crippen molar-refractivity contribution in [1.29, 1.82) is 10.7 Å². The van der Waals surface area contributed by atoms with E-state index in [1.165, 1.54) is 5.56 Å². The van der Waals surface area contributed by atoms with E-state index in [4.69, 9.17) is 21.1 Å². The van der Waals surface area contributed by atoms with Crippen LogP contribution in [0, 0.1) is 16.7 Å². The van der Waals surface area contributed by atoms with Gasteiger partial charge in [-0.25, -0.2) is 0 Å². The van der Waals surface area contributed by atoms with Crippen molar-refractivity contribution < 1.29 is 4.74 Å². The van der Waals surface area contributed by atoms with Crippen LogP contribution in [-0.2, 0) is 6.42 Å². The molecule has 6 heteroatoms. The van der Waals surface area contributed by atoms with E-state index in [0.29, 0.717) is 12.3 Å². The largest absolute Gasteiger partial charge is 0.494 e. The highest BCUT2D eigenvalue weighted by Crippen LogP contribution is 2.16. The summed E-state index contributed by atoms with van der Waals surface area (Å²) in [6.45, 7) is 0.642. The summed E-state index contributed by atoms with van der Waals surface area (Å²) in [6.07, 6.45) is 1.93. The Morgan fingerprint density at radius 3 is 2.50 bits per heavy atom. The number of hydrazone groups is 1. The molecule has 2 aromatic rings. The molecule has 0 spiro atoms. The van der Waals surface area contributed by atoms with Crippen LogP contribution >= 0.6 is 0 Å². The van der Waals surface area contributed by atoms with Gasteiger partial charge in [0.1, 0.15) is 11.8 Å². The summed E-state index contributed by atoms with van der Waals surface area (Å²) in [7, 11) is 0. The SMILES string of the molecule is N#C/C(=N\Nc1ccc(OCCCc2ccccc2)cc1)C(=N)N. The topological polar surface area (TPSA) is 107 Å². The van der Waals surface area contributed by atoms with Gasteiger partial charge in [0.25, 0.3) is 0 Å². The van der Waals surface area contributed by atoms with Crippen LogP contribution in [-0.4, -0.2) is 18.2 Å². The highest BCUT2D eigenvalue weighted by atomic mass is 16.5. The van der Waals surface area contributed by atoms with Crippen LogP contribution in [0.15, 0.2) is 59.7 Å². The van der Waals surface area contributed by atoms with Gasteiger partial charge in [-0.2, -0.15) is 10.4 Å². The van der Waals surface area contributed by atoms with Gasteiger partial charge in [-0.05, 0) is 42.7 Å². The summed E-state index contributed by atoms with van der Waals surface area (Å²) in [5.41, 5.74) is 9.73. The Hall–Kier alpha value is -3.33. The zero-order chi connectivity index (χ0) is 17.2. The van der Waals surface area contributed by atoms with Gasteiger partial charge in [-0.15, -0.1) is 0 Å². The van der Waals surface area contributed by atoms with Gasteiger partial charge in [-0.3, -0.25) is 10.8 Å². The Labute approximate surface area is 141 Å². The lowest BCUT2D eigenvalue weighted by atomic mass is 10.1. The predicted octanol–water partition coefficient (Wildman–Crippen LogP) is 2.93. The molecule has 0 fully saturated rings. The van der Waals surface area contributed by atoms with E-state index in [0.717, 1.165) is 18.6 Å². The predicted molar refractivity (Wildman–Crippen MR) is 95.3 cm³/mol. The third-order valence-corrected chi connectivity index (χ3v) is 3.23. The number of rotatable bonds is 8. The zero-order valence-electron chi connectivity index (χ0n) is 13.2. The summed E-state index contributed by atoms with van der Waals surface area (Å²) in [6, 6.07) is 19.2. The van der Waals surface area contributed by atoms with Crippen molar-refractivity contribution in [2.24, 2.45) is 10.8 Å². The fourth-order valence-electron chi connectivity index (χ4n) is 2.00. The molecule has 0 aliphatic rings. The first-order chi connectivity index (χ1) is 11.7. The number of nitrogens with two attached hydrogens (primary N) is 1. The highest BCUT2D eigenvalue weighted by molar-refractivity contribution is 6.45. The van der Waals surface area contributed by atoms with Crippen LogP contribution in [0.25, 0.3) is 0 Å². The van der Waals surface area contributed by atoms with Crippen molar-refractivity contribution in [2.75, 3.05) is 12.0 Å². The fourth-order valence-corrected chi connectivity index (χ4v) is 2.00. The Morgan fingerprint density at radius 1 is 1.17 bits per heavy atom. The molecule has 0 heterocycles. The molecule has 0 aliphatic heterocycles. The van der Waals surface area contributed by atoms with Crippen molar-refractivity contribution in [2.45, 2.75) is 12.8 Å². The Kier molecular flexibility index (Phi) is 6.35. The fraction of sp³-hybridized carbons (Fsp3) is 0.167. The average molecular weight is 321 g/mol. The molecule has 0 aliphatic carbocycles. The second-order valence-electron chi connectivity index (χ2n) is 5.06. The van der Waals surface area contributed by atoms with Gasteiger partial charge in [0.2, 0.25) is 5.71 Å². The first-order valence-corrected chi connectivity index (χ1v) is 7.54. The third kappa shape index (κ3) is 5.46. The average Bonchev–Trinajstić information content (AvgIpc) is 2.61. The minimum atomic E-state index is -0.372. The molecule has 6 nitrogen and oxygen atoms in total. The van der Waals surface area contributed by atoms with Crippen LogP contribution in [0.3, 0.4) is 0 Å². The molecule has 122 valence electrons. The number of amidine groups is 1. The maximum Gasteiger partial charge on any atom is 0.201 e. The summed E-state index contributed by atoms with van der Waals surface area (Å²) in [5, 5.41) is 19.7. The highest BCUT2D eigenvalue weighted by Gasteiger charge is 2.01. The molecule has 2 aromatic carbocycles. The van der Waals surface area contributed by atoms with E-state index in [2.05, 4.69) is 22.7 Å². The number of hydrogen-bond acceptors (Lipinski definition) is 5. The summed E-state index contributed by atoms with van der Waals surface area (Å²) >= 11 is 0. The molecule has 0 bridgehead atoms. The molecule has 0 amide bonds. The molecule has 0 atom stereocenters. The lowest BCUT2D eigenvalue weighted by Crippen LogP contribution is -2.21. The standard InChI is InChI=1S/C18H19N5O/c19-13-17(18(20)21)23-22-15-8-10-16(11-9-15)24-12-4-7-14-5-2-1-3-6-14/h1-3,5-6,8-11,22H,4,7,12H2,(H3,20,21)/b23-17+. The summed E-state index contributed by atoms with van der Waals surface area (Å²) < 4.78 is 5.70. The number of nitrogens with one attached hydrogen (secondary N) is 2. The van der Waals surface area contributed by atoms with Gasteiger partial charge in [0.05, 0.1) is 12.3 Å². The molecule has 0 saturated heterocycles. The van der Waals surface area contributed by atoms with Gasteiger partial charge < -0.3 is 10.5 Å². The summed E-state index contributed by atoms with van der Waals surface area (Å²) in [4.78, 5) is 0. The van der Waals surface area contributed by atoms with E-state index in [1.807, 2.05) is 30.3 Å². The number of benzene rings is 2. The van der Waals surface area contributed by atoms with Gasteiger partial charge >= 0.3 is 0 Å². The number of nitrogens with zero attached hydrogens (tertiary/aromatic N) is 2. The summed E-state index contributed by atoms with van der Waals surface area (Å²) in [5.74, 6) is 0.396. The molecular weight excluding hydrogens is 302 g/mol. The normalized spacial score (nSPS) is 10.7. The van der Waals surface area contributed by atoms with E-state index >= 15 is 0 Å². The van der Waals surface area contributed by atoms with Crippen molar-refractivity contribution in [1.82, 2.24) is 0 Å². The molecule has 0 aromatic heterocycles. The molecular formula is C18H19N5O. The van der Waals surface area contributed by atoms with E-state index < -0.39 is 0 Å². The number of hydrogen-bond donors (Lipinski definition) is 3. The first-order valence-electron chi connectivity index (χ1n) is 7.54. The van der Waals surface area contributed by atoms with Gasteiger partial charge in [0.15, 0.2) is 5.84 Å². The van der Waals surface area contributed by atoms with Crippen molar-refractivity contribution >= 4 is 17.2 Å². The molecule has 24 heavy (non-hydrogen) atoms. The minimum Gasteiger partial charge on any atom is -0.494 e. The maximum absolute atomic E-state index is 8.76. The molecule has 0 saturated carbocycles. The van der Waals surface area contributed by atoms with Crippen LogP contribution in [0.2, 0.25) is 0 Å². The molecule has 2 rings (SSSR count). The van der Waals surface area contributed by atoms with Gasteiger partial charge in [0, 0.05) is 0 Å². The number of anilines is 1. The lowest BCUT2D eigenvalue weighted by molar-refractivity contribution is 0.311. The van der Waals surface area contributed by atoms with E-state index in [-0.39, 0.29) is 11.5 Å². The van der Waals surface area contributed by atoms with Crippen LogP contribution < -0.4 is 15.9 Å². The quantitative estimate of drug-likeness (QED) is 0.301. The smallest absolute Gasteiger partial charge is 0.201 e. The zero-order valence-corrected chi connectivity index (χ0v) is 13.2. The molecule has 0 radical (unpaired) electrons. The monoisotopic (exact) mass is 321 g/mol. The van der Waals surface area contributed by atoms with Crippen LogP contribution in [0.5, 0.6) is 5.75 Å². The van der Waals surface area contributed by atoms with Gasteiger partial charge in [-0.1, -0.05) is 30.3 Å². The van der Waals surface area contributed by atoms with Crippen LogP contribution in [0.1, 0.15) is 12.0 Å². The second-order valence-corrected chi connectivity index (χ2v) is 5.06. The van der Waals surface area contributed by atoms with E-state index in [9.17, 15) is 0 Å². The third-order valence-electron chi connectivity index (χ3n) is 3.23. The molecule has 0 unspecified atom stereocenters. The Bertz CT molecular complexity index is 732. The van der Waals surface area contributed by atoms with Crippen LogP contribution in [0.4, 0.5) is 5.69 Å². The maximum atomic E-state index is 8.76. The number of nitriles is 1. The Balaban J connectivity index is 1.78. The van der Waals surface area contributed by atoms with Crippen molar-refractivity contribution in [3.63, 3.8) is 0 Å². The van der Waals surface area contributed by atoms with Crippen molar-refractivity contribution in [3.8, 4) is 11.8 Å². The number of ether oxygens (including phenoxy) is 1. The minimum absolute atomic E-state index is 0.156. The second kappa shape index (κ2) is 8.96. The van der Waals surface area contributed by atoms with E-state index in [1.54, 1.807) is 18.2 Å². The first kappa shape index (κ1) is 17.0. The lowest BCUT2D eigenvalue weighted by Gasteiger charge is -2.07. The molecule has 4 N–H and O–H groups in total. The Morgan fingerprint density at radius 2 is 1.88 bits per heavy atom. The number of aryl methyl sites for hydroxylation is 1.